The number of aromatic nitrogens is 3. The number of carbonyl (C=O) groups excluding carboxylic acids is 1. The lowest BCUT2D eigenvalue weighted by molar-refractivity contribution is 0.0498. The molecule has 7 nitrogen and oxygen atoms in total. The van der Waals surface area contributed by atoms with Gasteiger partial charge in [-0.1, -0.05) is 5.21 Å². The Balaban J connectivity index is 1.36. The molecule has 1 amide bonds. The van der Waals surface area contributed by atoms with Gasteiger partial charge in [0.05, 0.1) is 18.3 Å². The Morgan fingerprint density at radius 1 is 1.21 bits per heavy atom. The minimum absolute atomic E-state index is 0.0779. The zero-order chi connectivity index (χ0) is 16.5. The molecule has 3 heterocycles. The summed E-state index contributed by atoms with van der Waals surface area (Å²) in [6, 6.07) is 8.13. The molecule has 4 rings (SSSR count). The summed E-state index contributed by atoms with van der Waals surface area (Å²) >= 11 is 0. The lowest BCUT2D eigenvalue weighted by Crippen LogP contribution is -2.50. The van der Waals surface area contributed by atoms with Crippen LogP contribution in [0.3, 0.4) is 0 Å². The average molecular weight is 327 g/mol. The third kappa shape index (κ3) is 2.75. The Labute approximate surface area is 140 Å². The van der Waals surface area contributed by atoms with Crippen LogP contribution >= 0.6 is 0 Å². The number of hydrogen-bond acceptors (Lipinski definition) is 5. The van der Waals surface area contributed by atoms with E-state index in [9.17, 15) is 4.79 Å². The molecule has 0 radical (unpaired) electrons. The molecule has 0 bridgehead atoms. The van der Waals surface area contributed by atoms with Gasteiger partial charge in [0.25, 0.3) is 5.91 Å². The molecule has 0 spiro atoms. The predicted octanol–water partition coefficient (Wildman–Crippen LogP) is 1.20. The molecule has 2 saturated heterocycles. The van der Waals surface area contributed by atoms with Crippen molar-refractivity contribution in [2.75, 3.05) is 38.2 Å². The van der Waals surface area contributed by atoms with Gasteiger partial charge in [0, 0.05) is 50.7 Å². The minimum Gasteiger partial charge on any atom is -0.380 e. The van der Waals surface area contributed by atoms with Crippen molar-refractivity contribution >= 4 is 11.6 Å². The fraction of sp³-hybridized carbons (Fsp3) is 0.471. The first-order valence-electron chi connectivity index (χ1n) is 8.27. The highest BCUT2D eigenvalue weighted by molar-refractivity contribution is 5.95. The van der Waals surface area contributed by atoms with Crippen molar-refractivity contribution in [3.05, 3.63) is 42.2 Å². The Bertz CT molecular complexity index is 694. The second kappa shape index (κ2) is 6.24. The molecular weight excluding hydrogens is 306 g/mol. The van der Waals surface area contributed by atoms with Gasteiger partial charge in [-0.25, -0.2) is 4.68 Å². The van der Waals surface area contributed by atoms with Crippen LogP contribution in [0.5, 0.6) is 0 Å². The fourth-order valence-corrected chi connectivity index (χ4v) is 3.35. The van der Waals surface area contributed by atoms with E-state index in [1.807, 2.05) is 40.0 Å². The number of methoxy groups -OCH3 is 1. The fourth-order valence-electron chi connectivity index (χ4n) is 3.35. The molecule has 2 fully saturated rings. The van der Waals surface area contributed by atoms with Gasteiger partial charge in [0.15, 0.2) is 0 Å². The average Bonchev–Trinajstić information content (AvgIpc) is 3.25. The molecule has 126 valence electrons. The van der Waals surface area contributed by atoms with Crippen LogP contribution in [0.4, 0.5) is 5.69 Å². The quantitative estimate of drug-likeness (QED) is 0.844. The van der Waals surface area contributed by atoms with Gasteiger partial charge in [0.1, 0.15) is 0 Å². The number of carbonyl (C=O) groups is 1. The SMILES string of the molecule is COC1CCN(c2ccc(C(=O)N3CC(n4ccnn4)C3)cc2)C1. The first-order chi connectivity index (χ1) is 11.7. The molecule has 1 unspecified atom stereocenters. The maximum absolute atomic E-state index is 12.5. The van der Waals surface area contributed by atoms with Crippen molar-refractivity contribution in [2.24, 2.45) is 0 Å². The summed E-state index contributed by atoms with van der Waals surface area (Å²) < 4.78 is 7.22. The highest BCUT2D eigenvalue weighted by Gasteiger charge is 2.33. The lowest BCUT2D eigenvalue weighted by atomic mass is 10.1. The van der Waals surface area contributed by atoms with Crippen molar-refractivity contribution in [3.8, 4) is 0 Å². The smallest absolute Gasteiger partial charge is 0.254 e. The second-order valence-electron chi connectivity index (χ2n) is 6.39. The lowest BCUT2D eigenvalue weighted by Gasteiger charge is -2.38. The number of amides is 1. The Hall–Kier alpha value is -2.41. The van der Waals surface area contributed by atoms with E-state index in [0.29, 0.717) is 19.2 Å². The third-order valence-electron chi connectivity index (χ3n) is 4.92. The van der Waals surface area contributed by atoms with Crippen LogP contribution < -0.4 is 4.90 Å². The number of ether oxygens (including phenoxy) is 1. The number of nitrogens with zero attached hydrogens (tertiary/aromatic N) is 5. The van der Waals surface area contributed by atoms with E-state index in [0.717, 1.165) is 30.8 Å². The zero-order valence-corrected chi connectivity index (χ0v) is 13.7. The number of rotatable bonds is 4. The van der Waals surface area contributed by atoms with E-state index in [1.165, 1.54) is 0 Å². The summed E-state index contributed by atoms with van der Waals surface area (Å²) in [5.41, 5.74) is 1.88. The van der Waals surface area contributed by atoms with Crippen LogP contribution in [-0.2, 0) is 4.74 Å². The zero-order valence-electron chi connectivity index (χ0n) is 13.7. The largest absolute Gasteiger partial charge is 0.380 e. The summed E-state index contributed by atoms with van der Waals surface area (Å²) in [6.45, 7) is 3.28. The molecular formula is C17H21N5O2. The van der Waals surface area contributed by atoms with Crippen molar-refractivity contribution in [1.82, 2.24) is 19.9 Å². The van der Waals surface area contributed by atoms with Gasteiger partial charge in [-0.3, -0.25) is 4.79 Å². The molecule has 2 aliphatic heterocycles. The number of anilines is 1. The summed E-state index contributed by atoms with van der Waals surface area (Å²) in [6.07, 6.45) is 4.86. The standard InChI is InChI=1S/C17H21N5O2/c1-24-16-6-8-20(12-16)14-4-2-13(3-5-14)17(23)21-10-15(11-21)22-9-7-18-19-22/h2-5,7,9,15-16H,6,8,10-12H2,1H3. The number of hydrogen-bond donors (Lipinski definition) is 0. The van der Waals surface area contributed by atoms with Crippen LogP contribution in [0.15, 0.2) is 36.7 Å². The molecule has 24 heavy (non-hydrogen) atoms. The number of benzene rings is 1. The highest BCUT2D eigenvalue weighted by atomic mass is 16.5. The van der Waals surface area contributed by atoms with Crippen LogP contribution in [0, 0.1) is 0 Å². The monoisotopic (exact) mass is 327 g/mol. The summed E-state index contributed by atoms with van der Waals surface area (Å²) in [5, 5.41) is 7.79. The van der Waals surface area contributed by atoms with E-state index < -0.39 is 0 Å². The molecule has 2 aromatic rings. The molecule has 2 aliphatic rings. The third-order valence-corrected chi connectivity index (χ3v) is 4.92. The van der Waals surface area contributed by atoms with Crippen molar-refractivity contribution < 1.29 is 9.53 Å². The van der Waals surface area contributed by atoms with E-state index in [1.54, 1.807) is 13.3 Å². The molecule has 0 saturated carbocycles. The van der Waals surface area contributed by atoms with Crippen LogP contribution in [-0.4, -0.2) is 65.2 Å². The molecule has 0 aliphatic carbocycles. The van der Waals surface area contributed by atoms with E-state index in [2.05, 4.69) is 15.2 Å². The van der Waals surface area contributed by atoms with E-state index >= 15 is 0 Å². The maximum atomic E-state index is 12.5. The Morgan fingerprint density at radius 3 is 2.62 bits per heavy atom. The molecule has 0 N–H and O–H groups in total. The van der Waals surface area contributed by atoms with Gasteiger partial charge in [-0.2, -0.15) is 0 Å². The molecule has 1 aromatic carbocycles. The van der Waals surface area contributed by atoms with Crippen molar-refractivity contribution in [1.29, 1.82) is 0 Å². The topological polar surface area (TPSA) is 63.5 Å². The van der Waals surface area contributed by atoms with Crippen molar-refractivity contribution in [3.63, 3.8) is 0 Å². The first-order valence-corrected chi connectivity index (χ1v) is 8.27. The summed E-state index contributed by atoms with van der Waals surface area (Å²) in [4.78, 5) is 16.7. The highest BCUT2D eigenvalue weighted by Crippen LogP contribution is 2.25. The van der Waals surface area contributed by atoms with Gasteiger partial charge in [-0.15, -0.1) is 5.10 Å². The van der Waals surface area contributed by atoms with Crippen LogP contribution in [0.25, 0.3) is 0 Å². The second-order valence-corrected chi connectivity index (χ2v) is 6.39. The molecule has 7 heteroatoms. The van der Waals surface area contributed by atoms with Gasteiger partial charge in [0.2, 0.25) is 0 Å². The first kappa shape index (κ1) is 15.1. The minimum atomic E-state index is 0.0779. The summed E-state index contributed by atoms with van der Waals surface area (Å²) in [7, 11) is 1.76. The van der Waals surface area contributed by atoms with Crippen LogP contribution in [0.1, 0.15) is 22.8 Å². The van der Waals surface area contributed by atoms with Gasteiger partial charge in [-0.05, 0) is 30.7 Å². The van der Waals surface area contributed by atoms with Crippen molar-refractivity contribution in [2.45, 2.75) is 18.6 Å². The number of likely N-dealkylation sites (tertiary alicyclic amines) is 1. The van der Waals surface area contributed by atoms with Gasteiger partial charge >= 0.3 is 0 Å². The Kier molecular flexibility index (Phi) is 3.93. The maximum Gasteiger partial charge on any atom is 0.254 e. The Morgan fingerprint density at radius 2 is 2.00 bits per heavy atom. The van der Waals surface area contributed by atoms with Crippen LogP contribution in [0.2, 0.25) is 0 Å². The summed E-state index contributed by atoms with van der Waals surface area (Å²) in [5.74, 6) is 0.0779. The molecule has 1 atom stereocenters. The molecule has 1 aromatic heterocycles. The van der Waals surface area contributed by atoms with E-state index in [4.69, 9.17) is 4.74 Å². The predicted molar refractivity (Wildman–Crippen MR) is 89.0 cm³/mol. The van der Waals surface area contributed by atoms with E-state index in [-0.39, 0.29) is 11.9 Å². The normalized spacial score (nSPS) is 21.1. The van der Waals surface area contributed by atoms with Gasteiger partial charge < -0.3 is 14.5 Å².